The smallest absolute Gasteiger partial charge is 0.145 e. The second kappa shape index (κ2) is 8.48. The summed E-state index contributed by atoms with van der Waals surface area (Å²) in [6.07, 6.45) is 6.76. The molecule has 0 unspecified atom stereocenters. The minimum atomic E-state index is 0.735. The quantitative estimate of drug-likeness (QED) is 0.545. The van der Waals surface area contributed by atoms with Crippen molar-refractivity contribution >= 4 is 6.21 Å². The van der Waals surface area contributed by atoms with Gasteiger partial charge in [-0.2, -0.15) is 0 Å². The van der Waals surface area contributed by atoms with Gasteiger partial charge in [0.15, 0.2) is 0 Å². The molecule has 0 atom stereocenters. The molecule has 16 heavy (non-hydrogen) atoms. The lowest BCUT2D eigenvalue weighted by molar-refractivity contribution is 0.528. The Morgan fingerprint density at radius 1 is 1.31 bits per heavy atom. The van der Waals surface area contributed by atoms with Crippen LogP contribution < -0.4 is 0 Å². The molecule has 1 aromatic heterocycles. The molecule has 0 aromatic carbocycles. The Balaban J connectivity index is 0.00000106. The summed E-state index contributed by atoms with van der Waals surface area (Å²) in [5.41, 5.74) is 0.758. The molecule has 2 heteroatoms. The first kappa shape index (κ1) is 14.2. The Hall–Kier alpha value is -1.83. The van der Waals surface area contributed by atoms with Gasteiger partial charge in [0.25, 0.3) is 0 Å². The van der Waals surface area contributed by atoms with E-state index in [1.54, 1.807) is 24.4 Å². The molecule has 0 saturated carbocycles. The van der Waals surface area contributed by atoms with Gasteiger partial charge in [-0.25, -0.2) is 0 Å². The van der Waals surface area contributed by atoms with E-state index in [-0.39, 0.29) is 0 Å². The molecule has 0 aliphatic rings. The molecule has 0 spiro atoms. The SMILES string of the molecule is C=C/C=C(\C=C)N=Cc1ccc(C)o1.CC. The zero-order valence-electron chi connectivity index (χ0n) is 10.2. The standard InChI is InChI=1S/C12H13NO.C2H6/c1-4-6-11(5-2)13-9-12-8-7-10(3)14-12;1-2/h4-9H,1-2H2,3H3;1-2H3/b11-6+,13-9?;. The predicted molar refractivity (Wildman–Crippen MR) is 70.9 cm³/mol. The lowest BCUT2D eigenvalue weighted by Gasteiger charge is -1.89. The van der Waals surface area contributed by atoms with Crippen molar-refractivity contribution in [2.24, 2.45) is 4.99 Å². The van der Waals surface area contributed by atoms with Crippen molar-refractivity contribution in [3.63, 3.8) is 0 Å². The summed E-state index contributed by atoms with van der Waals surface area (Å²) in [6, 6.07) is 3.76. The normalized spacial score (nSPS) is 10.8. The molecular formula is C14H19NO. The molecule has 86 valence electrons. The van der Waals surface area contributed by atoms with Gasteiger partial charge in [0.05, 0.1) is 11.9 Å². The zero-order valence-corrected chi connectivity index (χ0v) is 10.2. The van der Waals surface area contributed by atoms with Crippen molar-refractivity contribution < 1.29 is 4.42 Å². The summed E-state index contributed by atoms with van der Waals surface area (Å²) < 4.78 is 5.32. The topological polar surface area (TPSA) is 25.5 Å². The van der Waals surface area contributed by atoms with Crippen molar-refractivity contribution in [3.05, 3.63) is 60.7 Å². The summed E-state index contributed by atoms with van der Waals surface area (Å²) >= 11 is 0. The fourth-order valence-electron chi connectivity index (χ4n) is 0.945. The Morgan fingerprint density at radius 3 is 2.44 bits per heavy atom. The van der Waals surface area contributed by atoms with Gasteiger partial charge >= 0.3 is 0 Å². The van der Waals surface area contributed by atoms with E-state index >= 15 is 0 Å². The molecular weight excluding hydrogens is 198 g/mol. The van der Waals surface area contributed by atoms with Crippen molar-refractivity contribution in [3.8, 4) is 0 Å². The monoisotopic (exact) mass is 217 g/mol. The minimum Gasteiger partial charge on any atom is -0.460 e. The van der Waals surface area contributed by atoms with Crippen LogP contribution in [-0.2, 0) is 0 Å². The molecule has 2 nitrogen and oxygen atoms in total. The lowest BCUT2D eigenvalue weighted by atomic mass is 10.4. The third-order valence-electron chi connectivity index (χ3n) is 1.60. The molecule has 0 N–H and O–H groups in total. The highest BCUT2D eigenvalue weighted by Crippen LogP contribution is 2.05. The Bertz CT molecular complexity index is 383. The zero-order chi connectivity index (χ0) is 12.4. The van der Waals surface area contributed by atoms with Crippen LogP contribution in [0.2, 0.25) is 0 Å². The average Bonchev–Trinajstić information content (AvgIpc) is 2.73. The maximum atomic E-state index is 5.32. The fraction of sp³-hybridized carbons (Fsp3) is 0.214. The fourth-order valence-corrected chi connectivity index (χ4v) is 0.945. The van der Waals surface area contributed by atoms with Crippen LogP contribution in [-0.4, -0.2) is 6.21 Å². The van der Waals surface area contributed by atoms with Crippen LogP contribution >= 0.6 is 0 Å². The van der Waals surface area contributed by atoms with Crippen LogP contribution in [0, 0.1) is 6.92 Å². The Labute approximate surface area is 97.7 Å². The lowest BCUT2D eigenvalue weighted by Crippen LogP contribution is -1.76. The van der Waals surface area contributed by atoms with Crippen molar-refractivity contribution in [2.45, 2.75) is 20.8 Å². The first-order valence-electron chi connectivity index (χ1n) is 5.32. The molecule has 0 aliphatic carbocycles. The number of aryl methyl sites for hydroxylation is 1. The van der Waals surface area contributed by atoms with E-state index in [1.807, 2.05) is 32.9 Å². The number of aliphatic imine (C=N–C) groups is 1. The van der Waals surface area contributed by atoms with Crippen molar-refractivity contribution in [2.75, 3.05) is 0 Å². The second-order valence-corrected chi connectivity index (χ2v) is 2.74. The number of furan rings is 1. The molecule has 1 rings (SSSR count). The van der Waals surface area contributed by atoms with Gasteiger partial charge in [0.2, 0.25) is 0 Å². The highest BCUT2D eigenvalue weighted by Gasteiger charge is 1.93. The molecule has 0 saturated heterocycles. The van der Waals surface area contributed by atoms with E-state index in [4.69, 9.17) is 4.42 Å². The van der Waals surface area contributed by atoms with E-state index in [2.05, 4.69) is 18.2 Å². The number of hydrogen-bond donors (Lipinski definition) is 0. The minimum absolute atomic E-state index is 0.735. The summed E-state index contributed by atoms with van der Waals surface area (Å²) in [4.78, 5) is 4.17. The van der Waals surface area contributed by atoms with Gasteiger partial charge in [-0.05, 0) is 31.2 Å². The average molecular weight is 217 g/mol. The summed E-state index contributed by atoms with van der Waals surface area (Å²) in [5.74, 6) is 1.61. The van der Waals surface area contributed by atoms with Crippen molar-refractivity contribution in [1.82, 2.24) is 0 Å². The first-order chi connectivity index (χ1) is 7.76. The van der Waals surface area contributed by atoms with Crippen LogP contribution in [0.15, 0.2) is 58.6 Å². The van der Waals surface area contributed by atoms with E-state index < -0.39 is 0 Å². The van der Waals surface area contributed by atoms with Gasteiger partial charge in [-0.1, -0.05) is 33.1 Å². The molecule has 0 amide bonds. The molecule has 0 radical (unpaired) electrons. The highest BCUT2D eigenvalue weighted by atomic mass is 16.3. The second-order valence-electron chi connectivity index (χ2n) is 2.74. The summed E-state index contributed by atoms with van der Waals surface area (Å²) in [6.45, 7) is 13.1. The third kappa shape index (κ3) is 5.15. The van der Waals surface area contributed by atoms with E-state index in [0.717, 1.165) is 17.2 Å². The number of allylic oxidation sites excluding steroid dienone is 3. The van der Waals surface area contributed by atoms with Crippen molar-refractivity contribution in [1.29, 1.82) is 0 Å². The Kier molecular flexibility index (Phi) is 7.51. The summed E-state index contributed by atoms with van der Waals surface area (Å²) in [5, 5.41) is 0. The van der Waals surface area contributed by atoms with Crippen LogP contribution in [0.25, 0.3) is 0 Å². The van der Waals surface area contributed by atoms with E-state index in [1.165, 1.54) is 0 Å². The van der Waals surface area contributed by atoms with Crippen LogP contribution in [0.4, 0.5) is 0 Å². The van der Waals surface area contributed by atoms with E-state index in [0.29, 0.717) is 0 Å². The van der Waals surface area contributed by atoms with Gasteiger partial charge in [-0.3, -0.25) is 4.99 Å². The molecule has 0 aliphatic heterocycles. The largest absolute Gasteiger partial charge is 0.460 e. The number of hydrogen-bond acceptors (Lipinski definition) is 2. The first-order valence-corrected chi connectivity index (χ1v) is 5.32. The Morgan fingerprint density at radius 2 is 2.00 bits per heavy atom. The maximum Gasteiger partial charge on any atom is 0.145 e. The number of nitrogens with zero attached hydrogens (tertiary/aromatic N) is 1. The van der Waals surface area contributed by atoms with E-state index in [9.17, 15) is 0 Å². The summed E-state index contributed by atoms with van der Waals surface area (Å²) in [7, 11) is 0. The number of rotatable bonds is 4. The molecule has 1 aromatic rings. The predicted octanol–water partition coefficient (Wildman–Crippen LogP) is 4.29. The molecule has 1 heterocycles. The van der Waals surface area contributed by atoms with Crippen LogP contribution in [0.1, 0.15) is 25.4 Å². The molecule has 0 bridgehead atoms. The molecule has 0 fully saturated rings. The maximum absolute atomic E-state index is 5.32. The highest BCUT2D eigenvalue weighted by molar-refractivity contribution is 5.77. The van der Waals surface area contributed by atoms with Crippen LogP contribution in [0.5, 0.6) is 0 Å². The van der Waals surface area contributed by atoms with Gasteiger partial charge in [0, 0.05) is 0 Å². The van der Waals surface area contributed by atoms with Gasteiger partial charge < -0.3 is 4.42 Å². The van der Waals surface area contributed by atoms with Crippen LogP contribution in [0.3, 0.4) is 0 Å². The third-order valence-corrected chi connectivity index (χ3v) is 1.60. The van der Waals surface area contributed by atoms with Gasteiger partial charge in [0.1, 0.15) is 11.5 Å². The van der Waals surface area contributed by atoms with Gasteiger partial charge in [-0.15, -0.1) is 0 Å².